The summed E-state index contributed by atoms with van der Waals surface area (Å²) in [5.74, 6) is -0.687. The SMILES string of the molecule is CC1(C)CCC(CN2CCN(c3ccc(C(=O)NS(=O)(=O)c4ccc(NCC5CCC(N6CCN(CCSc7cccc8c7CN(C7CCC(=O)NC7=O)C8=O)C(=O)C6)CC5)c([N+](=O)[O-])c4)c(Oc4cnc5[nH]ccc5c4)c3)CC2)=C(c2ccc(Cl)cc2)C1. The van der Waals surface area contributed by atoms with E-state index in [4.69, 9.17) is 16.3 Å². The monoisotopic (exact) mass is 1270 g/mol. The standard InChI is InChI=1S/C65H72ClN11O10S2/c1-65(2)22-20-44(52(35-65)42-8-10-45(66)11-9-42)38-72-24-26-73(27-25-72)47-14-16-51(57(33-47)87-48-32-43-21-23-67-61(43)69-37-48)62(80)71-89(85,86)49-15-17-54(56(34-49)77(83)84)68-36-41-6-12-46(13-7-41)75-29-28-74(60(79)40-75)30-31-88-58-5-3-4-50-53(58)39-76(64(50)82)55-18-19-59(78)70-63(55)81/h3-5,8-11,14-17,21,23,32-34,37,41,46,55,68H,6-7,12-13,18-20,22,24-31,35-36,38-40H2,1-2H3,(H,67,69)(H,71,80)(H,70,78,81). The second-order valence-electron chi connectivity index (χ2n) is 24.9. The van der Waals surface area contributed by atoms with Crippen LogP contribution in [-0.2, 0) is 31.0 Å². The zero-order valence-corrected chi connectivity index (χ0v) is 52.2. The van der Waals surface area contributed by atoms with Crippen LogP contribution in [0.2, 0.25) is 5.02 Å². The molecule has 24 heteroatoms. The summed E-state index contributed by atoms with van der Waals surface area (Å²) in [6.07, 6.45) is 10.2. The third-order valence-electron chi connectivity index (χ3n) is 18.5. The van der Waals surface area contributed by atoms with Crippen LogP contribution < -0.4 is 25.0 Å². The number of piperidine rings is 1. The van der Waals surface area contributed by atoms with E-state index >= 15 is 0 Å². The van der Waals surface area contributed by atoms with Crippen molar-refractivity contribution in [1.82, 2.24) is 39.6 Å². The highest BCUT2D eigenvalue weighted by Crippen LogP contribution is 2.44. The fourth-order valence-electron chi connectivity index (χ4n) is 13.4. The van der Waals surface area contributed by atoms with Gasteiger partial charge < -0.3 is 29.7 Å². The number of pyridine rings is 1. The molecule has 6 aromatic rings. The lowest BCUT2D eigenvalue weighted by Gasteiger charge is -2.41. The number of nitro groups is 1. The Labute approximate surface area is 526 Å². The van der Waals surface area contributed by atoms with Crippen LogP contribution in [0.3, 0.4) is 0 Å². The summed E-state index contributed by atoms with van der Waals surface area (Å²) in [5, 5.41) is 19.6. The number of carbonyl (C=O) groups is 5. The number of carbonyl (C=O) groups excluding carboxylic acids is 5. The second kappa shape index (κ2) is 25.9. The number of ether oxygens (including phenoxy) is 1. The molecule has 6 heterocycles. The zero-order valence-electron chi connectivity index (χ0n) is 49.8. The number of H-pyrrole nitrogens is 1. The molecule has 12 rings (SSSR count). The normalized spacial score (nSPS) is 21.1. The minimum Gasteiger partial charge on any atom is -0.455 e. The number of fused-ring (bicyclic) bond motifs is 2. The van der Waals surface area contributed by atoms with Crippen molar-refractivity contribution in [2.45, 2.75) is 100 Å². The van der Waals surface area contributed by atoms with E-state index in [1.54, 1.807) is 47.1 Å². The van der Waals surface area contributed by atoms with Gasteiger partial charge in [-0.2, -0.15) is 0 Å². The lowest BCUT2D eigenvalue weighted by atomic mass is 9.72. The van der Waals surface area contributed by atoms with Crippen molar-refractivity contribution in [1.29, 1.82) is 0 Å². The maximum absolute atomic E-state index is 14.2. The third kappa shape index (κ3) is 13.8. The number of nitrogens with zero attached hydrogens (tertiary/aromatic N) is 7. The van der Waals surface area contributed by atoms with Gasteiger partial charge in [0.15, 0.2) is 0 Å². The number of imide groups is 1. The summed E-state index contributed by atoms with van der Waals surface area (Å²) in [4.78, 5) is 95.6. The number of thioether (sulfide) groups is 1. The number of aromatic nitrogens is 2. The highest BCUT2D eigenvalue weighted by Gasteiger charge is 2.41. The molecular weight excluding hydrogens is 1190 g/mol. The van der Waals surface area contributed by atoms with Gasteiger partial charge in [0.1, 0.15) is 28.9 Å². The minimum atomic E-state index is -4.65. The Bertz CT molecular complexity index is 3900. The lowest BCUT2D eigenvalue weighted by molar-refractivity contribution is -0.384. The van der Waals surface area contributed by atoms with Gasteiger partial charge in [0.05, 0.1) is 28.1 Å². The number of benzene rings is 4. The molecule has 4 fully saturated rings. The fraction of sp³-hybridized carbons (Fsp3) is 0.415. The van der Waals surface area contributed by atoms with Crippen LogP contribution in [0.4, 0.5) is 17.1 Å². The van der Waals surface area contributed by atoms with Crippen molar-refractivity contribution >= 4 is 96.6 Å². The average molecular weight is 1270 g/mol. The van der Waals surface area contributed by atoms with Gasteiger partial charge in [-0.05, 0) is 140 Å². The molecule has 2 aromatic heterocycles. The van der Waals surface area contributed by atoms with Crippen LogP contribution in [-0.4, -0.2) is 156 Å². The average Bonchev–Trinajstić information content (AvgIpc) is 2.48. The fourth-order valence-corrected chi connectivity index (χ4v) is 15.6. The molecule has 0 spiro atoms. The summed E-state index contributed by atoms with van der Waals surface area (Å²) < 4.78 is 36.6. The van der Waals surface area contributed by atoms with E-state index in [0.29, 0.717) is 73.4 Å². The smallest absolute Gasteiger partial charge is 0.293 e. The summed E-state index contributed by atoms with van der Waals surface area (Å²) in [6, 6.07) is 25.4. The predicted molar refractivity (Wildman–Crippen MR) is 341 cm³/mol. The Hall–Kier alpha value is -7.83. The van der Waals surface area contributed by atoms with E-state index in [2.05, 4.69) is 66.0 Å². The second-order valence-corrected chi connectivity index (χ2v) is 28.1. The number of amides is 5. The highest BCUT2D eigenvalue weighted by molar-refractivity contribution is 7.99. The number of nitrogens with one attached hydrogen (secondary N) is 4. The summed E-state index contributed by atoms with van der Waals surface area (Å²) >= 11 is 7.86. The molecule has 2 aliphatic carbocycles. The van der Waals surface area contributed by atoms with Crippen molar-refractivity contribution in [3.63, 3.8) is 0 Å². The van der Waals surface area contributed by atoms with Crippen molar-refractivity contribution in [3.05, 3.63) is 146 Å². The van der Waals surface area contributed by atoms with E-state index in [9.17, 15) is 42.5 Å². The Morgan fingerprint density at radius 1 is 0.899 bits per heavy atom. The van der Waals surface area contributed by atoms with Crippen LogP contribution in [0.1, 0.15) is 103 Å². The first-order valence-electron chi connectivity index (χ1n) is 30.5. The van der Waals surface area contributed by atoms with Crippen LogP contribution in [0.15, 0.2) is 119 Å². The highest BCUT2D eigenvalue weighted by atomic mass is 35.5. The van der Waals surface area contributed by atoms with Crippen LogP contribution in [0.25, 0.3) is 16.6 Å². The molecule has 1 unspecified atom stereocenters. The number of nitro benzene ring substituents is 1. The van der Waals surface area contributed by atoms with Gasteiger partial charge in [0.25, 0.3) is 27.5 Å². The largest absolute Gasteiger partial charge is 0.455 e. The number of anilines is 2. The van der Waals surface area contributed by atoms with E-state index in [1.807, 2.05) is 35.2 Å². The number of piperazine rings is 2. The van der Waals surface area contributed by atoms with Crippen molar-refractivity contribution in [2.24, 2.45) is 11.3 Å². The third-order valence-corrected chi connectivity index (χ3v) is 21.1. The molecule has 4 N–H and O–H groups in total. The van der Waals surface area contributed by atoms with E-state index < -0.39 is 43.4 Å². The molecule has 4 aromatic carbocycles. The Morgan fingerprint density at radius 2 is 1.70 bits per heavy atom. The van der Waals surface area contributed by atoms with Gasteiger partial charge in [0, 0.05) is 129 Å². The number of hydrogen-bond donors (Lipinski definition) is 4. The van der Waals surface area contributed by atoms with Gasteiger partial charge in [-0.3, -0.25) is 49.2 Å². The number of halogens is 1. The molecular formula is C65H72ClN11O10S2. The lowest BCUT2D eigenvalue weighted by Crippen LogP contribution is -2.54. The molecule has 1 atom stereocenters. The van der Waals surface area contributed by atoms with Gasteiger partial charge >= 0.3 is 0 Å². The van der Waals surface area contributed by atoms with Gasteiger partial charge in [0.2, 0.25) is 17.7 Å². The first kappa shape index (κ1) is 61.4. The topological polar surface area (TPSA) is 253 Å². The molecule has 0 bridgehead atoms. The maximum Gasteiger partial charge on any atom is 0.293 e. The number of sulfonamides is 1. The molecule has 5 amide bonds. The molecule has 89 heavy (non-hydrogen) atoms. The van der Waals surface area contributed by atoms with Crippen LogP contribution in [0.5, 0.6) is 11.5 Å². The first-order chi connectivity index (χ1) is 42.8. The number of rotatable bonds is 19. The molecule has 4 aliphatic heterocycles. The van der Waals surface area contributed by atoms with E-state index in [-0.39, 0.29) is 65.1 Å². The summed E-state index contributed by atoms with van der Waals surface area (Å²) in [7, 11) is -4.65. The molecule has 3 saturated heterocycles. The number of hydrogen-bond acceptors (Lipinski definition) is 16. The molecule has 1 saturated carbocycles. The van der Waals surface area contributed by atoms with E-state index in [0.717, 1.165) is 98.7 Å². The number of allylic oxidation sites excluding steroid dienone is 1. The van der Waals surface area contributed by atoms with Gasteiger partial charge in [-0.1, -0.05) is 49.2 Å². The molecule has 6 aliphatic rings. The minimum absolute atomic E-state index is 0.0565. The first-order valence-corrected chi connectivity index (χ1v) is 33.4. The molecule has 0 radical (unpaired) electrons. The molecule has 21 nitrogen and oxygen atoms in total. The quantitative estimate of drug-likeness (QED) is 0.0255. The van der Waals surface area contributed by atoms with Crippen molar-refractivity contribution < 1.29 is 42.1 Å². The Balaban J connectivity index is 0.637. The summed E-state index contributed by atoms with van der Waals surface area (Å²) in [5.41, 5.74) is 6.75. The van der Waals surface area contributed by atoms with Crippen LogP contribution >= 0.6 is 23.4 Å². The summed E-state index contributed by atoms with van der Waals surface area (Å²) in [6.45, 7) is 11.4. The van der Waals surface area contributed by atoms with Crippen molar-refractivity contribution in [3.8, 4) is 11.5 Å². The maximum atomic E-state index is 14.2. The van der Waals surface area contributed by atoms with Gasteiger partial charge in [-0.15, -0.1) is 11.8 Å². The Kier molecular flexibility index (Phi) is 17.9. The predicted octanol–water partition coefficient (Wildman–Crippen LogP) is 9.49. The van der Waals surface area contributed by atoms with E-state index in [1.165, 1.54) is 41.1 Å². The zero-order chi connectivity index (χ0) is 62.1. The van der Waals surface area contributed by atoms with Crippen molar-refractivity contribution in [2.75, 3.05) is 81.4 Å². The molecule has 466 valence electrons. The Morgan fingerprint density at radius 3 is 2.46 bits per heavy atom. The number of aromatic amines is 1. The van der Waals surface area contributed by atoms with Crippen LogP contribution in [0, 0.1) is 21.4 Å². The van der Waals surface area contributed by atoms with Gasteiger partial charge in [-0.25, -0.2) is 18.1 Å².